The van der Waals surface area contributed by atoms with Crippen molar-refractivity contribution in [1.29, 1.82) is 0 Å². The van der Waals surface area contributed by atoms with E-state index in [4.69, 9.17) is 0 Å². The number of alkyl halides is 4. The number of hydrogen-bond donors (Lipinski definition) is 0. The largest absolute Gasteiger partial charge is 0.359 e. The fourth-order valence-corrected chi connectivity index (χ4v) is 2.78. The maximum absolute atomic E-state index is 13.5. The Morgan fingerprint density at radius 2 is 1.78 bits per heavy atom. The van der Waals surface area contributed by atoms with E-state index >= 15 is 0 Å². The first-order valence-corrected chi connectivity index (χ1v) is 7.15. The molecule has 2 aromatic heterocycles. The normalized spacial score (nSPS) is 22.5. The van der Waals surface area contributed by atoms with Gasteiger partial charge in [-0.05, 0) is 30.4 Å². The van der Waals surface area contributed by atoms with E-state index in [-0.39, 0.29) is 11.7 Å². The fraction of sp³-hybridized carbons (Fsp3) is 0.500. The average molecular weight is 328 g/mol. The molecule has 1 aliphatic carbocycles. The van der Waals surface area contributed by atoms with Crippen LogP contribution >= 0.6 is 0 Å². The zero-order valence-electron chi connectivity index (χ0n) is 11.8. The van der Waals surface area contributed by atoms with E-state index in [1.54, 1.807) is 0 Å². The highest BCUT2D eigenvalue weighted by Crippen LogP contribution is 2.48. The summed E-state index contributed by atoms with van der Waals surface area (Å²) < 4.78 is 58.8. The highest BCUT2D eigenvalue weighted by Gasteiger charge is 2.63. The molecule has 23 heavy (non-hydrogen) atoms. The summed E-state index contributed by atoms with van der Waals surface area (Å²) in [5.41, 5.74) is 1.36. The van der Waals surface area contributed by atoms with Crippen molar-refractivity contribution in [3.8, 4) is 11.5 Å². The molecule has 0 amide bonds. The lowest BCUT2D eigenvalue weighted by Gasteiger charge is -2.21. The van der Waals surface area contributed by atoms with Crippen molar-refractivity contribution < 1.29 is 22.1 Å². The number of rotatable bonds is 3. The van der Waals surface area contributed by atoms with Gasteiger partial charge in [0.15, 0.2) is 0 Å². The summed E-state index contributed by atoms with van der Waals surface area (Å²) in [5.74, 6) is -7.74. The van der Waals surface area contributed by atoms with Crippen LogP contribution in [0.15, 0.2) is 23.2 Å². The molecule has 0 bridgehead atoms. The Kier molecular flexibility index (Phi) is 2.91. The van der Waals surface area contributed by atoms with Crippen molar-refractivity contribution in [2.45, 2.75) is 30.6 Å². The van der Waals surface area contributed by atoms with Crippen LogP contribution in [0, 0.1) is 0 Å². The summed E-state index contributed by atoms with van der Waals surface area (Å²) in [6, 6.07) is 1.48. The van der Waals surface area contributed by atoms with Gasteiger partial charge in [0.1, 0.15) is 5.69 Å². The number of halogens is 4. The number of hydrogen-bond acceptors (Lipinski definition) is 5. The Morgan fingerprint density at radius 3 is 2.35 bits per heavy atom. The SMILES string of the molecule is FC1(F)CN(c2cc(-c3ncon3)ncc2C2CC2)CC1(F)F. The van der Waals surface area contributed by atoms with Gasteiger partial charge in [0.2, 0.25) is 12.2 Å². The van der Waals surface area contributed by atoms with Crippen molar-refractivity contribution in [3.63, 3.8) is 0 Å². The Balaban J connectivity index is 1.76. The summed E-state index contributed by atoms with van der Waals surface area (Å²) in [7, 11) is 0. The van der Waals surface area contributed by atoms with E-state index in [2.05, 4.69) is 19.6 Å². The van der Waals surface area contributed by atoms with Gasteiger partial charge >= 0.3 is 11.8 Å². The number of anilines is 1. The Labute approximate surface area is 128 Å². The van der Waals surface area contributed by atoms with E-state index in [1.165, 1.54) is 12.3 Å². The molecular weight excluding hydrogens is 316 g/mol. The van der Waals surface area contributed by atoms with E-state index in [0.29, 0.717) is 16.9 Å². The van der Waals surface area contributed by atoms with Gasteiger partial charge in [-0.1, -0.05) is 5.16 Å². The van der Waals surface area contributed by atoms with Crippen LogP contribution in [0.5, 0.6) is 0 Å². The molecule has 5 nitrogen and oxygen atoms in total. The number of aromatic nitrogens is 3. The summed E-state index contributed by atoms with van der Waals surface area (Å²) in [4.78, 5) is 9.07. The van der Waals surface area contributed by atoms with Crippen molar-refractivity contribution in [1.82, 2.24) is 15.1 Å². The highest BCUT2D eigenvalue weighted by molar-refractivity contribution is 5.64. The van der Waals surface area contributed by atoms with Crippen LogP contribution < -0.4 is 4.90 Å². The predicted molar refractivity (Wildman–Crippen MR) is 71.6 cm³/mol. The van der Waals surface area contributed by atoms with Crippen molar-refractivity contribution in [3.05, 3.63) is 24.2 Å². The van der Waals surface area contributed by atoms with Gasteiger partial charge in [-0.25, -0.2) is 0 Å². The molecule has 0 N–H and O–H groups in total. The van der Waals surface area contributed by atoms with Crippen LogP contribution in [0.4, 0.5) is 23.2 Å². The molecule has 0 unspecified atom stereocenters. The van der Waals surface area contributed by atoms with Crippen LogP contribution in [0.2, 0.25) is 0 Å². The zero-order chi connectivity index (χ0) is 16.2. The number of pyridine rings is 1. The second kappa shape index (κ2) is 4.65. The minimum atomic E-state index is -4.05. The van der Waals surface area contributed by atoms with Gasteiger partial charge in [0.25, 0.3) is 0 Å². The topological polar surface area (TPSA) is 55.1 Å². The summed E-state index contributed by atoms with van der Waals surface area (Å²) in [6.45, 7) is -2.04. The fourth-order valence-electron chi connectivity index (χ4n) is 2.78. The molecule has 1 saturated carbocycles. The molecule has 2 fully saturated rings. The van der Waals surface area contributed by atoms with E-state index < -0.39 is 24.9 Å². The first-order chi connectivity index (χ1) is 10.9. The molecule has 9 heteroatoms. The third-order valence-electron chi connectivity index (χ3n) is 4.17. The minimum Gasteiger partial charge on any atom is -0.359 e. The van der Waals surface area contributed by atoms with Crippen LogP contribution in [0.25, 0.3) is 11.5 Å². The monoisotopic (exact) mass is 328 g/mol. The Bertz CT molecular complexity index is 714. The molecular formula is C14H12F4N4O. The smallest absolute Gasteiger partial charge is 0.329 e. The Morgan fingerprint density at radius 1 is 1.09 bits per heavy atom. The summed E-state index contributed by atoms with van der Waals surface area (Å²) in [6.07, 6.45) is 4.45. The van der Waals surface area contributed by atoms with Gasteiger partial charge in [-0.2, -0.15) is 22.5 Å². The van der Waals surface area contributed by atoms with E-state index in [1.807, 2.05) is 0 Å². The Hall–Kier alpha value is -2.19. The molecule has 1 aliphatic heterocycles. The van der Waals surface area contributed by atoms with Crippen LogP contribution in [0.1, 0.15) is 24.3 Å². The third kappa shape index (κ3) is 2.34. The molecule has 2 aliphatic rings. The second-order valence-corrected chi connectivity index (χ2v) is 5.92. The van der Waals surface area contributed by atoms with Gasteiger partial charge in [0, 0.05) is 11.9 Å². The molecule has 122 valence electrons. The van der Waals surface area contributed by atoms with Gasteiger partial charge < -0.3 is 9.42 Å². The minimum absolute atomic E-state index is 0.180. The lowest BCUT2D eigenvalue weighted by molar-refractivity contribution is -0.172. The van der Waals surface area contributed by atoms with Gasteiger partial charge in [0.05, 0.1) is 13.1 Å². The maximum atomic E-state index is 13.5. The highest BCUT2D eigenvalue weighted by atomic mass is 19.3. The quantitative estimate of drug-likeness (QED) is 0.811. The lowest BCUT2D eigenvalue weighted by atomic mass is 10.1. The molecule has 0 aromatic carbocycles. The molecule has 2 aromatic rings. The lowest BCUT2D eigenvalue weighted by Crippen LogP contribution is -2.38. The predicted octanol–water partition coefficient (Wildman–Crippen LogP) is 3.10. The molecule has 0 radical (unpaired) electrons. The van der Waals surface area contributed by atoms with Gasteiger partial charge in [-0.3, -0.25) is 4.98 Å². The van der Waals surface area contributed by atoms with Crippen molar-refractivity contribution >= 4 is 5.69 Å². The molecule has 3 heterocycles. The van der Waals surface area contributed by atoms with E-state index in [0.717, 1.165) is 24.1 Å². The first kappa shape index (κ1) is 14.4. The first-order valence-electron chi connectivity index (χ1n) is 7.15. The molecule has 0 spiro atoms. The number of nitrogens with zero attached hydrogens (tertiary/aromatic N) is 4. The van der Waals surface area contributed by atoms with Gasteiger partial charge in [-0.15, -0.1) is 0 Å². The van der Waals surface area contributed by atoms with Crippen molar-refractivity contribution in [2.75, 3.05) is 18.0 Å². The van der Waals surface area contributed by atoms with Crippen LogP contribution in [-0.2, 0) is 0 Å². The standard InChI is InChI=1S/C14H12F4N4O/c15-13(16)5-22(6-14(13,17)18)11-3-10(12-20-7-23-21-12)19-4-9(11)8-1-2-8/h3-4,7-8H,1-2,5-6H2. The zero-order valence-corrected chi connectivity index (χ0v) is 11.8. The maximum Gasteiger partial charge on any atom is 0.329 e. The van der Waals surface area contributed by atoms with E-state index in [9.17, 15) is 17.6 Å². The molecule has 0 atom stereocenters. The summed E-state index contributed by atoms with van der Waals surface area (Å²) in [5, 5.41) is 3.64. The third-order valence-corrected chi connectivity index (χ3v) is 4.17. The average Bonchev–Trinajstić information content (AvgIpc) is 3.13. The van der Waals surface area contributed by atoms with Crippen molar-refractivity contribution in [2.24, 2.45) is 0 Å². The van der Waals surface area contributed by atoms with Crippen LogP contribution in [-0.4, -0.2) is 40.1 Å². The summed E-state index contributed by atoms with van der Waals surface area (Å²) >= 11 is 0. The van der Waals surface area contributed by atoms with Crippen LogP contribution in [0.3, 0.4) is 0 Å². The molecule has 4 rings (SSSR count). The molecule has 1 saturated heterocycles. The second-order valence-electron chi connectivity index (χ2n) is 5.92.